The lowest BCUT2D eigenvalue weighted by atomic mass is 9.95. The van der Waals surface area contributed by atoms with Crippen LogP contribution in [0.15, 0.2) is 47.4 Å². The highest BCUT2D eigenvalue weighted by Gasteiger charge is 2.44. The molecule has 2 fully saturated rings. The number of aliphatic carboxylic acids is 1. The van der Waals surface area contributed by atoms with Crippen LogP contribution in [-0.4, -0.2) is 110 Å². The fourth-order valence-electron chi connectivity index (χ4n) is 5.38. The van der Waals surface area contributed by atoms with E-state index < -0.39 is 79.2 Å². The maximum atomic E-state index is 14.6. The average Bonchev–Trinajstić information content (AvgIpc) is 3.62. The maximum absolute atomic E-state index is 14.6. The molecule has 3 heterocycles. The molecule has 252 valence electrons. The number of anilines is 1. The summed E-state index contributed by atoms with van der Waals surface area (Å²) in [7, 11) is 2.30. The molecule has 46 heavy (non-hydrogen) atoms. The second-order valence-electron chi connectivity index (χ2n) is 10.6. The first-order chi connectivity index (χ1) is 21.7. The van der Waals surface area contributed by atoms with Gasteiger partial charge in [0.25, 0.3) is 18.4 Å². The van der Waals surface area contributed by atoms with E-state index in [1.807, 2.05) is 0 Å². The van der Waals surface area contributed by atoms with E-state index in [4.69, 9.17) is 5.11 Å². The van der Waals surface area contributed by atoms with E-state index in [0.717, 1.165) is 20.3 Å². The van der Waals surface area contributed by atoms with E-state index in [0.29, 0.717) is 0 Å². The van der Waals surface area contributed by atoms with E-state index >= 15 is 0 Å². The predicted molar refractivity (Wildman–Crippen MR) is 151 cm³/mol. The molecule has 17 heteroatoms. The molecule has 2 aromatic rings. The summed E-state index contributed by atoms with van der Waals surface area (Å²) in [4.78, 5) is 61.2. The van der Waals surface area contributed by atoms with Crippen molar-refractivity contribution in [1.29, 1.82) is 0 Å². The number of carboxylic acid groups (broad SMARTS) is 1. The number of ether oxygens (including phenoxy) is 2. The van der Waals surface area contributed by atoms with E-state index in [-0.39, 0.29) is 43.1 Å². The summed E-state index contributed by atoms with van der Waals surface area (Å²) >= 11 is 0. The number of nitrogens with zero attached hydrogens (tertiary/aromatic N) is 3. The summed E-state index contributed by atoms with van der Waals surface area (Å²) in [6.45, 7) is -1.25. The zero-order chi connectivity index (χ0) is 34.1. The normalized spacial score (nSPS) is 21.5. The molecule has 0 spiro atoms. The van der Waals surface area contributed by atoms with Gasteiger partial charge >= 0.3 is 17.9 Å². The second kappa shape index (κ2) is 16.3. The zero-order valence-corrected chi connectivity index (χ0v) is 24.8. The Morgan fingerprint density at radius 3 is 1.85 bits per heavy atom. The minimum atomic E-state index is -2.61. The molecule has 0 saturated carbocycles. The number of hydrogen-bond acceptors (Lipinski definition) is 9. The molecule has 0 radical (unpaired) electrons. The molecule has 1 aromatic carbocycles. The smallest absolute Gasteiger partial charge is 0.310 e. The molecule has 2 aliphatic heterocycles. The van der Waals surface area contributed by atoms with Gasteiger partial charge in [0, 0.05) is 44.5 Å². The van der Waals surface area contributed by atoms with Crippen molar-refractivity contribution >= 4 is 29.5 Å². The minimum Gasteiger partial charge on any atom is -0.481 e. The van der Waals surface area contributed by atoms with Crippen molar-refractivity contribution in [2.24, 2.45) is 23.7 Å². The van der Waals surface area contributed by atoms with Gasteiger partial charge in [0.15, 0.2) is 0 Å². The third-order valence-electron chi connectivity index (χ3n) is 7.56. The molecule has 0 unspecified atom stereocenters. The van der Waals surface area contributed by atoms with Gasteiger partial charge in [-0.15, -0.1) is 0 Å². The molecular weight excluding hydrogens is 627 g/mol. The number of rotatable bonds is 10. The molecule has 0 aliphatic carbocycles. The fourth-order valence-corrected chi connectivity index (χ4v) is 5.38. The molecule has 0 bridgehead atoms. The number of benzene rings is 1. The number of likely N-dealkylation sites (tertiary alicyclic amines) is 2. The summed E-state index contributed by atoms with van der Waals surface area (Å²) in [5, 5.41) is 11.3. The standard InChI is InChI=1S/C20H20F3N3O4.C9H13F2NO4/c1-30-20(29)14-10-25(11-17(22)23)9-13(14)19(28)24-16-6-5-12(8-15(16)21)26-7-3-2-4-18(26)27;1-16-9(15)6-3-12(4-7(10)11)2-5(6)8(13)14/h2-8,13-14,17H,9-11H2,1H3,(H,24,28);5-7H,2-4H2,1H3,(H,13,14)/t13-,14-;5-,6-/m00/s1. The van der Waals surface area contributed by atoms with Gasteiger partial charge in [-0.25, -0.2) is 22.0 Å². The van der Waals surface area contributed by atoms with Crippen molar-refractivity contribution in [3.8, 4) is 5.69 Å². The van der Waals surface area contributed by atoms with Gasteiger partial charge in [-0.2, -0.15) is 0 Å². The molecular formula is C29H33F5N4O8. The number of pyridine rings is 1. The SMILES string of the molecule is COC(=O)[C@H]1CN(CC(F)F)C[C@@H]1C(=O)Nc1ccc(-n2ccccc2=O)cc1F.COC(=O)[C@H]1CN(CC(F)F)C[C@@H]1C(=O)O. The largest absolute Gasteiger partial charge is 0.481 e. The van der Waals surface area contributed by atoms with Crippen LogP contribution in [-0.2, 0) is 28.7 Å². The van der Waals surface area contributed by atoms with Gasteiger partial charge in [-0.1, -0.05) is 6.07 Å². The number of carbonyl (C=O) groups is 4. The number of amides is 1. The van der Waals surface area contributed by atoms with Crippen LogP contribution in [0.25, 0.3) is 5.69 Å². The van der Waals surface area contributed by atoms with E-state index in [1.54, 1.807) is 12.1 Å². The van der Waals surface area contributed by atoms with Gasteiger partial charge in [-0.05, 0) is 18.2 Å². The topological polar surface area (TPSA) is 147 Å². The van der Waals surface area contributed by atoms with Gasteiger partial charge in [-0.3, -0.25) is 38.3 Å². The van der Waals surface area contributed by atoms with E-state index in [2.05, 4.69) is 14.8 Å². The first-order valence-corrected chi connectivity index (χ1v) is 13.9. The van der Waals surface area contributed by atoms with Gasteiger partial charge in [0.2, 0.25) is 5.91 Å². The van der Waals surface area contributed by atoms with Crippen molar-refractivity contribution in [1.82, 2.24) is 14.4 Å². The van der Waals surface area contributed by atoms with Crippen molar-refractivity contribution in [3.63, 3.8) is 0 Å². The minimum absolute atomic E-state index is 0.00792. The lowest BCUT2D eigenvalue weighted by molar-refractivity contribution is -0.153. The van der Waals surface area contributed by atoms with Crippen molar-refractivity contribution < 1.29 is 55.7 Å². The van der Waals surface area contributed by atoms with Crippen LogP contribution in [0, 0.1) is 29.5 Å². The summed E-state index contributed by atoms with van der Waals surface area (Å²) in [6.07, 6.45) is -3.67. The number of alkyl halides is 4. The molecule has 4 rings (SSSR count). The number of esters is 2. The van der Waals surface area contributed by atoms with Crippen LogP contribution >= 0.6 is 0 Å². The van der Waals surface area contributed by atoms with Crippen LogP contribution < -0.4 is 10.9 Å². The Morgan fingerprint density at radius 1 is 0.848 bits per heavy atom. The Hall–Kier alpha value is -4.38. The van der Waals surface area contributed by atoms with Crippen LogP contribution in [0.4, 0.5) is 27.6 Å². The van der Waals surface area contributed by atoms with Gasteiger partial charge in [0.1, 0.15) is 5.82 Å². The average molecular weight is 661 g/mol. The Morgan fingerprint density at radius 2 is 1.37 bits per heavy atom. The van der Waals surface area contributed by atoms with Gasteiger partial charge < -0.3 is 19.9 Å². The molecule has 2 aliphatic rings. The summed E-state index contributed by atoms with van der Waals surface area (Å²) in [6, 6.07) is 8.34. The molecule has 2 N–H and O–H groups in total. The fraction of sp³-hybridized carbons (Fsp3) is 0.483. The van der Waals surface area contributed by atoms with Crippen LogP contribution in [0.3, 0.4) is 0 Å². The monoisotopic (exact) mass is 660 g/mol. The van der Waals surface area contributed by atoms with Crippen molar-refractivity contribution in [2.75, 3.05) is 58.8 Å². The van der Waals surface area contributed by atoms with E-state index in [9.17, 15) is 45.9 Å². The van der Waals surface area contributed by atoms with Crippen LogP contribution in [0.1, 0.15) is 0 Å². The quantitative estimate of drug-likeness (QED) is 0.286. The first kappa shape index (κ1) is 36.1. The summed E-state index contributed by atoms with van der Waals surface area (Å²) < 4.78 is 74.6. The maximum Gasteiger partial charge on any atom is 0.310 e. The molecule has 2 saturated heterocycles. The third-order valence-corrected chi connectivity index (χ3v) is 7.56. The lowest BCUT2D eigenvalue weighted by Gasteiger charge is -2.17. The number of methoxy groups -OCH3 is 2. The zero-order valence-electron chi connectivity index (χ0n) is 24.8. The second-order valence-corrected chi connectivity index (χ2v) is 10.6. The van der Waals surface area contributed by atoms with Crippen LogP contribution in [0.2, 0.25) is 0 Å². The lowest BCUT2D eigenvalue weighted by Crippen LogP contribution is -2.33. The molecule has 4 atom stereocenters. The highest BCUT2D eigenvalue weighted by atomic mass is 19.3. The summed E-state index contributed by atoms with van der Waals surface area (Å²) in [5.74, 6) is -7.69. The number of halogens is 5. The van der Waals surface area contributed by atoms with Crippen molar-refractivity contribution in [2.45, 2.75) is 12.9 Å². The number of carboxylic acids is 1. The highest BCUT2D eigenvalue weighted by Crippen LogP contribution is 2.28. The Balaban J connectivity index is 0.000000304. The van der Waals surface area contributed by atoms with Crippen LogP contribution in [0.5, 0.6) is 0 Å². The highest BCUT2D eigenvalue weighted by molar-refractivity contribution is 5.96. The Bertz CT molecular complexity index is 1460. The number of hydrogen-bond donors (Lipinski definition) is 2. The third kappa shape index (κ3) is 9.32. The Labute approximate surface area is 259 Å². The molecule has 12 nitrogen and oxygen atoms in total. The molecule has 1 aromatic heterocycles. The first-order valence-electron chi connectivity index (χ1n) is 13.9. The summed E-state index contributed by atoms with van der Waals surface area (Å²) in [5.41, 5.74) is -0.226. The number of nitrogens with one attached hydrogen (secondary N) is 1. The van der Waals surface area contributed by atoms with Gasteiger partial charge in [0.05, 0.1) is 62.4 Å². The van der Waals surface area contributed by atoms with E-state index in [1.165, 1.54) is 38.8 Å². The van der Waals surface area contributed by atoms with Crippen molar-refractivity contribution in [3.05, 3.63) is 58.8 Å². The number of aromatic nitrogens is 1. The molecule has 1 amide bonds. The predicted octanol–water partition coefficient (Wildman–Crippen LogP) is 1.96. The Kier molecular flexibility index (Phi) is 12.8. The number of carbonyl (C=O) groups excluding carboxylic acids is 3.